The lowest BCUT2D eigenvalue weighted by Gasteiger charge is -2.03. The Morgan fingerprint density at radius 1 is 1.10 bits per heavy atom. The number of nitrogens with two attached hydrogens (primary N) is 1. The van der Waals surface area contributed by atoms with E-state index in [-0.39, 0.29) is 34.9 Å². The topological polar surface area (TPSA) is 129 Å². The van der Waals surface area contributed by atoms with Crippen LogP contribution in [0.5, 0.6) is 0 Å². The molecule has 0 radical (unpaired) electrons. The van der Waals surface area contributed by atoms with Crippen LogP contribution in [0.15, 0.2) is 63.3 Å². The summed E-state index contributed by atoms with van der Waals surface area (Å²) in [5, 5.41) is 5.18. The molecule has 0 saturated heterocycles. The van der Waals surface area contributed by atoms with Gasteiger partial charge in [-0.15, -0.1) is 6.42 Å². The Morgan fingerprint density at radius 3 is 2.45 bits per heavy atom. The van der Waals surface area contributed by atoms with E-state index in [1.54, 1.807) is 28.8 Å². The largest absolute Gasteiger partial charge is 0.305 e. The number of hydrogen-bond acceptors (Lipinski definition) is 6. The van der Waals surface area contributed by atoms with Gasteiger partial charge < -0.3 is 4.57 Å². The lowest BCUT2D eigenvalue weighted by atomic mass is 10.3. The van der Waals surface area contributed by atoms with E-state index in [1.165, 1.54) is 24.3 Å². The maximum absolute atomic E-state index is 12.4. The number of rotatable bonds is 7. The van der Waals surface area contributed by atoms with E-state index in [2.05, 4.69) is 10.9 Å². The van der Waals surface area contributed by atoms with Gasteiger partial charge in [-0.1, -0.05) is 35.5 Å². The van der Waals surface area contributed by atoms with Crippen molar-refractivity contribution in [1.82, 2.24) is 4.57 Å². The number of benzene rings is 2. The molecule has 0 aliphatic carbocycles. The van der Waals surface area contributed by atoms with Crippen LogP contribution in [0.25, 0.3) is 10.2 Å². The second-order valence-electron chi connectivity index (χ2n) is 6.59. The quantitative estimate of drug-likeness (QED) is 0.518. The van der Waals surface area contributed by atoms with Gasteiger partial charge in [0.05, 0.1) is 32.3 Å². The van der Waals surface area contributed by atoms with Crippen LogP contribution in [0.1, 0.15) is 12.8 Å². The molecular formula is C20H19N3O5S3. The second-order valence-corrected chi connectivity index (χ2v) is 11.3. The molecule has 0 saturated carbocycles. The van der Waals surface area contributed by atoms with Crippen molar-refractivity contribution in [1.29, 1.82) is 0 Å². The number of carbonyl (C=O) groups excluding carboxylic acids is 1. The van der Waals surface area contributed by atoms with Gasteiger partial charge in [-0.25, -0.2) is 22.0 Å². The molecule has 2 aromatic carbocycles. The molecule has 1 aromatic heterocycles. The van der Waals surface area contributed by atoms with E-state index < -0.39 is 25.8 Å². The van der Waals surface area contributed by atoms with Gasteiger partial charge in [-0.2, -0.15) is 4.99 Å². The number of nitrogens with zero attached hydrogens (tertiary/aromatic N) is 2. The van der Waals surface area contributed by atoms with Gasteiger partial charge in [0, 0.05) is 6.42 Å². The van der Waals surface area contributed by atoms with Crippen molar-refractivity contribution in [2.24, 2.45) is 10.1 Å². The average molecular weight is 478 g/mol. The maximum atomic E-state index is 12.4. The normalized spacial score (nSPS) is 12.7. The van der Waals surface area contributed by atoms with E-state index in [9.17, 15) is 21.6 Å². The number of carbonyl (C=O) groups is 1. The van der Waals surface area contributed by atoms with E-state index in [1.807, 2.05) is 0 Å². The van der Waals surface area contributed by atoms with E-state index in [4.69, 9.17) is 11.6 Å². The molecule has 3 aromatic rings. The Bertz CT molecular complexity index is 1450. The Kier molecular flexibility index (Phi) is 6.76. The first kappa shape index (κ1) is 22.9. The molecule has 162 valence electrons. The first-order chi connectivity index (χ1) is 14.6. The van der Waals surface area contributed by atoms with Gasteiger partial charge in [0.2, 0.25) is 15.9 Å². The van der Waals surface area contributed by atoms with Gasteiger partial charge >= 0.3 is 0 Å². The van der Waals surface area contributed by atoms with Crippen molar-refractivity contribution >= 4 is 47.3 Å². The van der Waals surface area contributed by atoms with Crippen molar-refractivity contribution in [3.05, 3.63) is 53.3 Å². The van der Waals surface area contributed by atoms with E-state index in [0.29, 0.717) is 15.0 Å². The summed E-state index contributed by atoms with van der Waals surface area (Å²) in [4.78, 5) is 16.9. The number of fused-ring (bicyclic) bond motifs is 1. The monoisotopic (exact) mass is 477 g/mol. The lowest BCUT2D eigenvalue weighted by Crippen LogP contribution is -2.17. The summed E-state index contributed by atoms with van der Waals surface area (Å²) < 4.78 is 50.0. The van der Waals surface area contributed by atoms with Crippen molar-refractivity contribution < 1.29 is 21.6 Å². The zero-order chi connectivity index (χ0) is 22.6. The second kappa shape index (κ2) is 9.15. The van der Waals surface area contributed by atoms with Gasteiger partial charge in [-0.05, 0) is 36.8 Å². The molecule has 0 spiro atoms. The number of sulfone groups is 1. The first-order valence-corrected chi connectivity index (χ1v) is 13.1. The molecule has 1 heterocycles. The van der Waals surface area contributed by atoms with Crippen LogP contribution < -0.4 is 9.94 Å². The fraction of sp³-hybridized carbons (Fsp3) is 0.200. The minimum atomic E-state index is -3.88. The Labute approximate surface area is 184 Å². The summed E-state index contributed by atoms with van der Waals surface area (Å²) in [6.45, 7) is 0.128. The van der Waals surface area contributed by atoms with Gasteiger partial charge in [-0.3, -0.25) is 4.79 Å². The number of aromatic nitrogens is 1. The smallest absolute Gasteiger partial charge is 0.248 e. The summed E-state index contributed by atoms with van der Waals surface area (Å²) >= 11 is 1.10. The summed E-state index contributed by atoms with van der Waals surface area (Å²) in [5.74, 6) is 1.81. The van der Waals surface area contributed by atoms with Crippen LogP contribution in [0, 0.1) is 12.3 Å². The molecule has 0 unspecified atom stereocenters. The molecular weight excluding hydrogens is 458 g/mol. The molecule has 11 heteroatoms. The number of thiazole rings is 1. The predicted octanol–water partition coefficient (Wildman–Crippen LogP) is 1.66. The van der Waals surface area contributed by atoms with Gasteiger partial charge in [0.25, 0.3) is 0 Å². The molecule has 0 fully saturated rings. The highest BCUT2D eigenvalue weighted by Gasteiger charge is 2.15. The molecule has 8 nitrogen and oxygen atoms in total. The third-order valence-corrected chi connectivity index (χ3v) is 8.13. The van der Waals surface area contributed by atoms with E-state index in [0.717, 1.165) is 11.3 Å². The highest BCUT2D eigenvalue weighted by Crippen LogP contribution is 2.21. The molecule has 0 aliphatic heterocycles. The molecule has 0 bridgehead atoms. The number of primary sulfonamides is 1. The van der Waals surface area contributed by atoms with Crippen molar-refractivity contribution in [3.63, 3.8) is 0 Å². The standard InChI is InChI=1S/C20H19N3O5S3/c1-2-12-23-17-11-10-16(31(21,27)28)14-18(17)29-20(23)22-19(24)9-6-13-30(25,26)15-7-4-3-5-8-15/h1,3-5,7-8,10-11,14H,6,9,12-13H2,(H2,21,27,28). The lowest BCUT2D eigenvalue weighted by molar-refractivity contribution is -0.118. The Hall–Kier alpha value is -2.78. The SMILES string of the molecule is C#CCn1c(=NC(=O)CCCS(=O)(=O)c2ccccc2)sc2cc(S(N)(=O)=O)ccc21. The van der Waals surface area contributed by atoms with E-state index >= 15 is 0 Å². The highest BCUT2D eigenvalue weighted by atomic mass is 32.2. The fourth-order valence-corrected chi connectivity index (χ4v) is 5.91. The number of sulfonamides is 1. The van der Waals surface area contributed by atoms with Gasteiger partial charge in [0.15, 0.2) is 14.6 Å². The number of terminal acetylenes is 1. The summed E-state index contributed by atoms with van der Waals surface area (Å²) in [6, 6.07) is 12.3. The zero-order valence-electron chi connectivity index (χ0n) is 16.3. The van der Waals surface area contributed by atoms with Crippen molar-refractivity contribution in [2.45, 2.75) is 29.2 Å². The van der Waals surface area contributed by atoms with Crippen molar-refractivity contribution in [3.8, 4) is 12.3 Å². The molecule has 2 N–H and O–H groups in total. The van der Waals surface area contributed by atoms with Crippen LogP contribution in [0.2, 0.25) is 0 Å². The maximum Gasteiger partial charge on any atom is 0.248 e. The zero-order valence-corrected chi connectivity index (χ0v) is 18.7. The van der Waals surface area contributed by atoms with Crippen LogP contribution in [0.3, 0.4) is 0 Å². The predicted molar refractivity (Wildman–Crippen MR) is 118 cm³/mol. The summed E-state index contributed by atoms with van der Waals surface area (Å²) in [6.07, 6.45) is 5.48. The summed E-state index contributed by atoms with van der Waals surface area (Å²) in [7, 11) is -7.36. The average Bonchev–Trinajstić information content (AvgIpc) is 3.04. The highest BCUT2D eigenvalue weighted by molar-refractivity contribution is 7.91. The first-order valence-electron chi connectivity index (χ1n) is 9.07. The van der Waals surface area contributed by atoms with Crippen LogP contribution >= 0.6 is 11.3 Å². The van der Waals surface area contributed by atoms with Crippen molar-refractivity contribution in [2.75, 3.05) is 5.75 Å². The minimum absolute atomic E-state index is 0.0568. The molecule has 3 rings (SSSR count). The number of hydrogen-bond donors (Lipinski definition) is 1. The Balaban J connectivity index is 1.83. The van der Waals surface area contributed by atoms with Crippen LogP contribution in [-0.4, -0.2) is 33.1 Å². The van der Waals surface area contributed by atoms with Crippen LogP contribution in [0.4, 0.5) is 0 Å². The molecule has 31 heavy (non-hydrogen) atoms. The Morgan fingerprint density at radius 2 is 1.81 bits per heavy atom. The fourth-order valence-electron chi connectivity index (χ4n) is 2.88. The number of amides is 1. The molecule has 0 atom stereocenters. The van der Waals surface area contributed by atoms with Crippen LogP contribution in [-0.2, 0) is 31.2 Å². The third-order valence-electron chi connectivity index (χ3n) is 4.36. The van der Waals surface area contributed by atoms with Gasteiger partial charge in [0.1, 0.15) is 0 Å². The third kappa shape index (κ3) is 5.48. The summed E-state index contributed by atoms with van der Waals surface area (Å²) in [5.41, 5.74) is 0.619. The molecule has 1 amide bonds. The molecule has 0 aliphatic rings. The minimum Gasteiger partial charge on any atom is -0.305 e.